The van der Waals surface area contributed by atoms with Crippen molar-refractivity contribution >= 4 is 0 Å². The molecule has 1 aliphatic rings. The lowest BCUT2D eigenvalue weighted by Gasteiger charge is -2.26. The molecule has 2 atom stereocenters. The van der Waals surface area contributed by atoms with E-state index in [0.29, 0.717) is 12.2 Å². The Morgan fingerprint density at radius 1 is 0.464 bits per heavy atom. The highest BCUT2D eigenvalue weighted by Gasteiger charge is 2.26. The SMILES string of the molecule is COC1=CC(O)C(C)=C(CC=C(C)CCC=C(C)CCC=C(C)CCC=C(C)CCC=C(C)CCC=C(C)CCC=C(C)CCC=C(C)CCC=C(C)C)C1O. The van der Waals surface area contributed by atoms with Crippen LogP contribution in [0.1, 0.15) is 185 Å². The monoisotopic (exact) mass is 769 g/mol. The maximum absolute atomic E-state index is 10.6. The van der Waals surface area contributed by atoms with Gasteiger partial charge in [0.1, 0.15) is 11.9 Å². The summed E-state index contributed by atoms with van der Waals surface area (Å²) in [6, 6.07) is 0. The first-order valence-corrected chi connectivity index (χ1v) is 21.8. The molecule has 0 aromatic rings. The summed E-state index contributed by atoms with van der Waals surface area (Å²) in [5, 5.41) is 20.9. The third-order valence-corrected chi connectivity index (χ3v) is 11.1. The van der Waals surface area contributed by atoms with Gasteiger partial charge in [-0.05, 0) is 203 Å². The van der Waals surface area contributed by atoms with Crippen LogP contribution in [0.15, 0.2) is 128 Å². The van der Waals surface area contributed by atoms with Gasteiger partial charge in [-0.25, -0.2) is 0 Å². The number of rotatable bonds is 27. The number of hydrogen-bond acceptors (Lipinski definition) is 3. The van der Waals surface area contributed by atoms with E-state index in [-0.39, 0.29) is 0 Å². The summed E-state index contributed by atoms with van der Waals surface area (Å²) in [6.07, 6.45) is 40.3. The Balaban J connectivity index is 2.28. The topological polar surface area (TPSA) is 49.7 Å². The molecule has 2 unspecified atom stereocenters. The molecule has 0 heterocycles. The largest absolute Gasteiger partial charge is 0.498 e. The van der Waals surface area contributed by atoms with Gasteiger partial charge in [-0.1, -0.05) is 105 Å². The molecule has 0 saturated carbocycles. The number of ether oxygens (including phenoxy) is 1. The molecule has 0 bridgehead atoms. The van der Waals surface area contributed by atoms with Gasteiger partial charge < -0.3 is 14.9 Å². The lowest BCUT2D eigenvalue weighted by atomic mass is 9.89. The van der Waals surface area contributed by atoms with Gasteiger partial charge in [0.15, 0.2) is 0 Å². The van der Waals surface area contributed by atoms with Crippen LogP contribution in [0.2, 0.25) is 0 Å². The van der Waals surface area contributed by atoms with E-state index >= 15 is 0 Å². The Labute approximate surface area is 346 Å². The molecule has 0 amide bonds. The predicted octanol–water partition coefficient (Wildman–Crippen LogP) is 15.7. The smallest absolute Gasteiger partial charge is 0.132 e. The lowest BCUT2D eigenvalue weighted by Crippen LogP contribution is -2.26. The van der Waals surface area contributed by atoms with E-state index in [2.05, 4.69) is 124 Å². The molecule has 3 nitrogen and oxygen atoms in total. The maximum Gasteiger partial charge on any atom is 0.132 e. The van der Waals surface area contributed by atoms with Gasteiger partial charge in [0, 0.05) is 0 Å². The molecule has 0 aromatic heterocycles. The minimum atomic E-state index is -0.778. The summed E-state index contributed by atoms with van der Waals surface area (Å²) >= 11 is 0. The third-order valence-electron chi connectivity index (χ3n) is 11.1. The van der Waals surface area contributed by atoms with E-state index in [1.807, 2.05) is 6.92 Å². The molecule has 56 heavy (non-hydrogen) atoms. The van der Waals surface area contributed by atoms with E-state index < -0.39 is 12.2 Å². The maximum atomic E-state index is 10.6. The molecule has 2 N–H and O–H groups in total. The Morgan fingerprint density at radius 2 is 0.732 bits per heavy atom. The first-order chi connectivity index (χ1) is 26.6. The average molecular weight is 769 g/mol. The van der Waals surface area contributed by atoms with Crippen LogP contribution < -0.4 is 0 Å². The fraction of sp³-hybridized carbons (Fsp3) is 0.585. The second-order valence-electron chi connectivity index (χ2n) is 17.0. The molecule has 0 spiro atoms. The van der Waals surface area contributed by atoms with Gasteiger partial charge in [-0.3, -0.25) is 0 Å². The fourth-order valence-corrected chi connectivity index (χ4v) is 6.91. The summed E-state index contributed by atoms with van der Waals surface area (Å²) in [5.74, 6) is 0.429. The van der Waals surface area contributed by atoms with Crippen molar-refractivity contribution in [2.45, 2.75) is 198 Å². The van der Waals surface area contributed by atoms with Crippen LogP contribution in [0.5, 0.6) is 0 Å². The van der Waals surface area contributed by atoms with E-state index in [1.54, 1.807) is 6.08 Å². The van der Waals surface area contributed by atoms with Crippen molar-refractivity contribution in [2.24, 2.45) is 0 Å². The Morgan fingerprint density at radius 3 is 1.00 bits per heavy atom. The van der Waals surface area contributed by atoms with Crippen LogP contribution in [0.4, 0.5) is 0 Å². The lowest BCUT2D eigenvalue weighted by molar-refractivity contribution is 0.133. The minimum absolute atomic E-state index is 0.429. The van der Waals surface area contributed by atoms with Crippen molar-refractivity contribution in [3.05, 3.63) is 128 Å². The fourth-order valence-electron chi connectivity index (χ4n) is 6.91. The highest BCUT2D eigenvalue weighted by Crippen LogP contribution is 2.29. The molecular weight excluding hydrogens is 685 g/mol. The zero-order chi connectivity index (χ0) is 41.9. The van der Waals surface area contributed by atoms with Crippen molar-refractivity contribution in [3.63, 3.8) is 0 Å². The standard InChI is InChI=1S/C53H84O3/c1-40(2)21-13-22-41(3)23-14-24-42(4)25-15-26-43(5)27-16-28-44(6)29-17-30-45(7)31-18-32-46(8)33-19-34-47(9)35-20-36-48(10)37-38-50-49(11)51(54)39-52(56-12)53(50)55/h21,23,25,27,29,31,33,35,37,39,51,53-55H,13-20,22,24,26,28,30,32,34,36,38H2,1-12H3. The summed E-state index contributed by atoms with van der Waals surface area (Å²) in [6.45, 7) is 24.3. The minimum Gasteiger partial charge on any atom is -0.498 e. The quantitative estimate of drug-likeness (QED) is 0.0818. The van der Waals surface area contributed by atoms with Crippen LogP contribution >= 0.6 is 0 Å². The summed E-state index contributed by atoms with van der Waals surface area (Å²) in [7, 11) is 1.53. The second-order valence-corrected chi connectivity index (χ2v) is 17.0. The number of hydrogen-bond donors (Lipinski definition) is 2. The van der Waals surface area contributed by atoms with Crippen molar-refractivity contribution < 1.29 is 14.9 Å². The van der Waals surface area contributed by atoms with Crippen molar-refractivity contribution in [3.8, 4) is 0 Å². The van der Waals surface area contributed by atoms with Crippen LogP contribution in [0.3, 0.4) is 0 Å². The first kappa shape index (κ1) is 50.9. The Bertz CT molecular complexity index is 1520. The van der Waals surface area contributed by atoms with E-state index in [9.17, 15) is 10.2 Å². The normalized spacial score (nSPS) is 18.5. The predicted molar refractivity (Wildman–Crippen MR) is 248 cm³/mol. The summed E-state index contributed by atoms with van der Waals surface area (Å²) in [4.78, 5) is 0. The highest BCUT2D eigenvalue weighted by atomic mass is 16.5. The van der Waals surface area contributed by atoms with Crippen LogP contribution in [0, 0.1) is 0 Å². The van der Waals surface area contributed by atoms with E-state index in [4.69, 9.17) is 4.74 Å². The Kier molecular flexibility index (Phi) is 27.3. The third kappa shape index (κ3) is 24.5. The molecule has 0 aromatic carbocycles. The van der Waals surface area contributed by atoms with Gasteiger partial charge in [-0.15, -0.1) is 0 Å². The zero-order valence-electron chi connectivity index (χ0n) is 38.3. The molecule has 0 saturated heterocycles. The summed E-state index contributed by atoms with van der Waals surface area (Å²) < 4.78 is 5.26. The number of allylic oxidation sites excluding steroid dienone is 18. The average Bonchev–Trinajstić information content (AvgIpc) is 3.13. The van der Waals surface area contributed by atoms with Gasteiger partial charge in [0.25, 0.3) is 0 Å². The first-order valence-electron chi connectivity index (χ1n) is 21.8. The van der Waals surface area contributed by atoms with E-state index in [0.717, 1.165) is 94.6 Å². The van der Waals surface area contributed by atoms with Gasteiger partial charge in [0.05, 0.1) is 13.2 Å². The Hall–Kier alpha value is -3.14. The second kappa shape index (κ2) is 30.0. The molecule has 314 valence electrons. The zero-order valence-corrected chi connectivity index (χ0v) is 38.3. The molecule has 0 fully saturated rings. The van der Waals surface area contributed by atoms with Crippen molar-refractivity contribution in [1.82, 2.24) is 0 Å². The van der Waals surface area contributed by atoms with Crippen LogP contribution in [-0.4, -0.2) is 29.5 Å². The van der Waals surface area contributed by atoms with Crippen LogP contribution in [0.25, 0.3) is 0 Å². The number of methoxy groups -OCH3 is 1. The van der Waals surface area contributed by atoms with Crippen molar-refractivity contribution in [1.29, 1.82) is 0 Å². The summed E-state index contributed by atoms with van der Waals surface area (Å²) in [5.41, 5.74) is 14.9. The molecule has 0 radical (unpaired) electrons. The molecular formula is C53H84O3. The molecule has 1 aliphatic carbocycles. The molecule has 1 rings (SSSR count). The van der Waals surface area contributed by atoms with Gasteiger partial charge in [0.2, 0.25) is 0 Å². The molecule has 0 aliphatic heterocycles. The molecule has 3 heteroatoms. The van der Waals surface area contributed by atoms with Gasteiger partial charge >= 0.3 is 0 Å². The van der Waals surface area contributed by atoms with Crippen molar-refractivity contribution in [2.75, 3.05) is 7.11 Å². The number of aliphatic hydroxyl groups is 2. The van der Waals surface area contributed by atoms with E-state index in [1.165, 1.54) is 76.5 Å². The van der Waals surface area contributed by atoms with Gasteiger partial charge in [-0.2, -0.15) is 0 Å². The number of aliphatic hydroxyl groups excluding tert-OH is 2. The highest BCUT2D eigenvalue weighted by molar-refractivity contribution is 5.36. The van der Waals surface area contributed by atoms with Crippen LogP contribution in [-0.2, 0) is 4.74 Å².